The molecule has 1 aromatic carbocycles. The van der Waals surface area contributed by atoms with Crippen LogP contribution >= 0.6 is 22.9 Å². The first-order valence-corrected chi connectivity index (χ1v) is 13.0. The van der Waals surface area contributed by atoms with Gasteiger partial charge in [-0.1, -0.05) is 17.7 Å². The lowest BCUT2D eigenvalue weighted by Crippen LogP contribution is -2.53. The van der Waals surface area contributed by atoms with Crippen LogP contribution in [0, 0.1) is 30.1 Å². The minimum atomic E-state index is -1.57. The third kappa shape index (κ3) is 2.85. The number of halogens is 1. The molecule has 3 aliphatic heterocycles. The van der Waals surface area contributed by atoms with Gasteiger partial charge >= 0.3 is 0 Å². The second kappa shape index (κ2) is 7.87. The zero-order chi connectivity index (χ0) is 25.5. The van der Waals surface area contributed by atoms with E-state index in [4.69, 9.17) is 17.3 Å². The molecule has 0 unspecified atom stereocenters. The van der Waals surface area contributed by atoms with Gasteiger partial charge in [-0.3, -0.25) is 24.5 Å². The Morgan fingerprint density at radius 3 is 2.75 bits per heavy atom. The van der Waals surface area contributed by atoms with Crippen LogP contribution in [0.25, 0.3) is 0 Å². The zero-order valence-electron chi connectivity index (χ0n) is 19.3. The number of fused-ring (bicyclic) bond motifs is 5. The number of imide groups is 1. The standard InChI is InChI=1S/C25H22ClN5O4S/c1-10-14(26)7-6-13-20(10)29-24(35)25(13)19-18(15(30-25)8-17(28)32)21(33)31(22(19)34)23-12(9-27)11-4-2-3-5-16(11)36-23/h6-7,15,18-19,30H,2-5,8H2,1H3,(H2,28,32)(H,29,35)/t15-,18+,19-,25+/m0/s1. The summed E-state index contributed by atoms with van der Waals surface area (Å²) < 4.78 is 0. The third-order valence-corrected chi connectivity index (χ3v) is 9.66. The maximum Gasteiger partial charge on any atom is 0.250 e. The minimum absolute atomic E-state index is 0.225. The fraction of sp³-hybridized carbons (Fsp3) is 0.400. The summed E-state index contributed by atoms with van der Waals surface area (Å²) >= 11 is 7.59. The van der Waals surface area contributed by atoms with Crippen LogP contribution in [0.3, 0.4) is 0 Å². The molecule has 9 nitrogen and oxygen atoms in total. The van der Waals surface area contributed by atoms with Crippen molar-refractivity contribution in [1.82, 2.24) is 5.32 Å². The number of carbonyl (C=O) groups excluding carboxylic acids is 4. The van der Waals surface area contributed by atoms with Gasteiger partial charge in [-0.2, -0.15) is 5.26 Å². The van der Waals surface area contributed by atoms with Gasteiger partial charge in [0.05, 0.1) is 23.1 Å². The average Bonchev–Trinajstić information content (AvgIpc) is 3.52. The molecule has 184 valence electrons. The second-order valence-electron chi connectivity index (χ2n) is 9.80. The Kier molecular flexibility index (Phi) is 5.06. The van der Waals surface area contributed by atoms with Crippen molar-refractivity contribution in [3.05, 3.63) is 44.3 Å². The number of hydrogen-bond donors (Lipinski definition) is 3. The van der Waals surface area contributed by atoms with E-state index in [1.54, 1.807) is 19.1 Å². The van der Waals surface area contributed by atoms with E-state index >= 15 is 0 Å². The summed E-state index contributed by atoms with van der Waals surface area (Å²) in [6.45, 7) is 1.76. The maximum atomic E-state index is 14.1. The number of nitrogens with zero attached hydrogens (tertiary/aromatic N) is 2. The first-order chi connectivity index (χ1) is 17.2. The van der Waals surface area contributed by atoms with E-state index < -0.39 is 47.0 Å². The van der Waals surface area contributed by atoms with Gasteiger partial charge in [-0.05, 0) is 49.8 Å². The molecule has 36 heavy (non-hydrogen) atoms. The number of nitrogens with two attached hydrogens (primary N) is 1. The van der Waals surface area contributed by atoms with Crippen LogP contribution in [0.2, 0.25) is 5.02 Å². The van der Waals surface area contributed by atoms with Crippen molar-refractivity contribution in [2.24, 2.45) is 17.6 Å². The van der Waals surface area contributed by atoms with Crippen molar-refractivity contribution in [2.45, 2.75) is 50.6 Å². The summed E-state index contributed by atoms with van der Waals surface area (Å²) in [5.74, 6) is -4.33. The van der Waals surface area contributed by atoms with Crippen molar-refractivity contribution >= 4 is 57.3 Å². The van der Waals surface area contributed by atoms with Crippen molar-refractivity contribution in [3.63, 3.8) is 0 Å². The number of carbonyl (C=O) groups is 4. The highest BCUT2D eigenvalue weighted by molar-refractivity contribution is 7.17. The molecule has 4 amide bonds. The van der Waals surface area contributed by atoms with E-state index in [1.165, 1.54) is 11.3 Å². The summed E-state index contributed by atoms with van der Waals surface area (Å²) in [6.07, 6.45) is 3.22. The Balaban J connectivity index is 1.53. The lowest BCUT2D eigenvalue weighted by Gasteiger charge is -2.29. The van der Waals surface area contributed by atoms with Gasteiger partial charge in [0.25, 0.3) is 0 Å². The second-order valence-corrected chi connectivity index (χ2v) is 11.3. The molecular weight excluding hydrogens is 502 g/mol. The molecule has 1 spiro atoms. The number of thiophene rings is 1. The number of benzene rings is 1. The molecule has 2 saturated heterocycles. The van der Waals surface area contributed by atoms with Gasteiger partial charge in [-0.15, -0.1) is 11.3 Å². The Bertz CT molecular complexity index is 1440. The number of anilines is 2. The van der Waals surface area contributed by atoms with Crippen LogP contribution in [0.1, 0.15) is 46.4 Å². The fourth-order valence-corrected chi connectivity index (χ4v) is 7.91. The summed E-state index contributed by atoms with van der Waals surface area (Å²) in [5, 5.41) is 16.7. The molecule has 11 heteroatoms. The molecular formula is C25H22ClN5O4S. The topological polar surface area (TPSA) is 145 Å². The molecule has 1 aromatic heterocycles. The van der Waals surface area contributed by atoms with Crippen LogP contribution in [0.4, 0.5) is 10.7 Å². The first kappa shape index (κ1) is 23.2. The predicted molar refractivity (Wildman–Crippen MR) is 132 cm³/mol. The number of rotatable bonds is 3. The molecule has 0 radical (unpaired) electrons. The Morgan fingerprint density at radius 2 is 2.03 bits per heavy atom. The third-order valence-electron chi connectivity index (χ3n) is 7.97. The monoisotopic (exact) mass is 523 g/mol. The van der Waals surface area contributed by atoms with E-state index in [-0.39, 0.29) is 6.42 Å². The number of nitriles is 1. The highest BCUT2D eigenvalue weighted by Crippen LogP contribution is 2.56. The van der Waals surface area contributed by atoms with Crippen LogP contribution in [0.5, 0.6) is 0 Å². The SMILES string of the molecule is Cc1c(Cl)ccc2c1NC(=O)[C@@]21N[C@@H](CC(N)=O)[C@H]2C(=O)N(c3sc4c(c3C#N)CCCC4)C(=O)[C@H]21. The maximum absolute atomic E-state index is 14.1. The largest absolute Gasteiger partial charge is 0.370 e. The van der Waals surface area contributed by atoms with E-state index in [9.17, 15) is 24.4 Å². The number of hydrogen-bond acceptors (Lipinski definition) is 7. The smallest absolute Gasteiger partial charge is 0.250 e. The van der Waals surface area contributed by atoms with E-state index in [0.29, 0.717) is 32.4 Å². The quantitative estimate of drug-likeness (QED) is 0.526. The molecule has 0 saturated carbocycles. The average molecular weight is 524 g/mol. The van der Waals surface area contributed by atoms with Gasteiger partial charge < -0.3 is 11.1 Å². The van der Waals surface area contributed by atoms with Crippen LogP contribution in [0.15, 0.2) is 12.1 Å². The number of nitrogens with one attached hydrogen (secondary N) is 2. The fourth-order valence-electron chi connectivity index (χ4n) is 6.41. The number of aryl methyl sites for hydroxylation is 1. The van der Waals surface area contributed by atoms with E-state index in [1.807, 2.05) is 0 Å². The summed E-state index contributed by atoms with van der Waals surface area (Å²) in [4.78, 5) is 55.7. The molecule has 2 aromatic rings. The first-order valence-electron chi connectivity index (χ1n) is 11.8. The molecule has 2 fully saturated rings. The minimum Gasteiger partial charge on any atom is -0.370 e. The summed E-state index contributed by atoms with van der Waals surface area (Å²) in [6, 6.07) is 4.70. The number of primary amides is 1. The van der Waals surface area contributed by atoms with E-state index in [2.05, 4.69) is 16.7 Å². The van der Waals surface area contributed by atoms with E-state index in [0.717, 1.165) is 41.0 Å². The van der Waals surface area contributed by atoms with Gasteiger partial charge in [0.15, 0.2) is 0 Å². The normalized spacial score (nSPS) is 28.2. The molecule has 4 atom stereocenters. The molecule has 4 heterocycles. The predicted octanol–water partition coefficient (Wildman–Crippen LogP) is 2.26. The van der Waals surface area contributed by atoms with Gasteiger partial charge in [-0.25, -0.2) is 4.90 Å². The Hall–Kier alpha value is -3.26. The van der Waals surface area contributed by atoms with Gasteiger partial charge in [0.2, 0.25) is 23.6 Å². The molecule has 6 rings (SSSR count). The molecule has 4 aliphatic rings. The molecule has 0 bridgehead atoms. The lowest BCUT2D eigenvalue weighted by molar-refractivity contribution is -0.130. The van der Waals surface area contributed by atoms with Crippen molar-refractivity contribution in [3.8, 4) is 6.07 Å². The Morgan fingerprint density at radius 1 is 1.28 bits per heavy atom. The number of amides is 4. The molecule has 1 aliphatic carbocycles. The van der Waals surface area contributed by atoms with Gasteiger partial charge in [0, 0.05) is 27.9 Å². The van der Waals surface area contributed by atoms with Crippen molar-refractivity contribution < 1.29 is 19.2 Å². The van der Waals surface area contributed by atoms with Crippen LogP contribution < -0.4 is 21.3 Å². The Labute approximate surface area is 215 Å². The van der Waals surface area contributed by atoms with Crippen molar-refractivity contribution in [2.75, 3.05) is 10.2 Å². The summed E-state index contributed by atoms with van der Waals surface area (Å²) in [7, 11) is 0. The summed E-state index contributed by atoms with van der Waals surface area (Å²) in [5.41, 5.74) is 6.82. The lowest BCUT2D eigenvalue weighted by atomic mass is 9.76. The van der Waals surface area contributed by atoms with Crippen LogP contribution in [-0.4, -0.2) is 29.7 Å². The van der Waals surface area contributed by atoms with Crippen molar-refractivity contribution in [1.29, 1.82) is 5.26 Å². The highest BCUT2D eigenvalue weighted by Gasteiger charge is 2.71. The highest BCUT2D eigenvalue weighted by atomic mass is 35.5. The molecule has 4 N–H and O–H groups in total. The van der Waals surface area contributed by atoms with Crippen LogP contribution in [-0.2, 0) is 37.6 Å². The van der Waals surface area contributed by atoms with Gasteiger partial charge in [0.1, 0.15) is 16.6 Å². The zero-order valence-corrected chi connectivity index (χ0v) is 20.9.